The zero-order valence-corrected chi connectivity index (χ0v) is 16.7. The summed E-state index contributed by atoms with van der Waals surface area (Å²) in [6.07, 6.45) is 8.19. The lowest BCUT2D eigenvalue weighted by molar-refractivity contribution is -0.128. The third-order valence-electron chi connectivity index (χ3n) is 6.42. The van der Waals surface area contributed by atoms with Crippen molar-refractivity contribution in [1.82, 2.24) is 15.2 Å². The van der Waals surface area contributed by atoms with Gasteiger partial charge in [-0.1, -0.05) is 19.3 Å². The van der Waals surface area contributed by atoms with Crippen LogP contribution in [0.5, 0.6) is 0 Å². The SMILES string of the molecule is O=C(NCc1cc(F)cc(F)c1)C1CN(C(=O)c2ccncc2)CC12CCCCC2. The van der Waals surface area contributed by atoms with Crippen LogP contribution in [0.4, 0.5) is 8.78 Å². The molecule has 2 heterocycles. The summed E-state index contributed by atoms with van der Waals surface area (Å²) in [6, 6.07) is 6.60. The lowest BCUT2D eigenvalue weighted by atomic mass is 9.67. The Balaban J connectivity index is 1.50. The number of aromatic nitrogens is 1. The summed E-state index contributed by atoms with van der Waals surface area (Å²) in [6.45, 7) is 0.962. The van der Waals surface area contributed by atoms with Gasteiger partial charge in [-0.25, -0.2) is 8.78 Å². The molecule has 1 N–H and O–H groups in total. The van der Waals surface area contributed by atoms with Crippen LogP contribution in [-0.4, -0.2) is 34.8 Å². The number of rotatable bonds is 4. The monoisotopic (exact) mass is 413 g/mol. The Morgan fingerprint density at radius 3 is 2.40 bits per heavy atom. The van der Waals surface area contributed by atoms with Gasteiger partial charge < -0.3 is 10.2 Å². The van der Waals surface area contributed by atoms with Gasteiger partial charge in [0.05, 0.1) is 5.92 Å². The molecule has 30 heavy (non-hydrogen) atoms. The van der Waals surface area contributed by atoms with Crippen LogP contribution >= 0.6 is 0 Å². The average molecular weight is 413 g/mol. The van der Waals surface area contributed by atoms with E-state index in [1.165, 1.54) is 12.1 Å². The molecule has 0 radical (unpaired) electrons. The summed E-state index contributed by atoms with van der Waals surface area (Å²) >= 11 is 0. The highest BCUT2D eigenvalue weighted by Crippen LogP contribution is 2.48. The first-order chi connectivity index (χ1) is 14.5. The number of benzene rings is 1. The summed E-state index contributed by atoms with van der Waals surface area (Å²) in [7, 11) is 0. The molecule has 0 bridgehead atoms. The van der Waals surface area contributed by atoms with E-state index in [2.05, 4.69) is 10.3 Å². The molecule has 2 amide bonds. The first-order valence-electron chi connectivity index (χ1n) is 10.4. The molecule has 1 spiro atoms. The molecule has 1 aliphatic carbocycles. The van der Waals surface area contributed by atoms with Gasteiger partial charge in [-0.2, -0.15) is 0 Å². The number of pyridine rings is 1. The van der Waals surface area contributed by atoms with Gasteiger partial charge in [0.15, 0.2) is 0 Å². The van der Waals surface area contributed by atoms with Gasteiger partial charge in [-0.3, -0.25) is 14.6 Å². The minimum absolute atomic E-state index is 0.0540. The van der Waals surface area contributed by atoms with Crippen molar-refractivity contribution in [3.05, 3.63) is 65.5 Å². The molecule has 1 aliphatic heterocycles. The van der Waals surface area contributed by atoms with Crippen molar-refractivity contribution in [1.29, 1.82) is 0 Å². The largest absolute Gasteiger partial charge is 0.352 e. The maximum Gasteiger partial charge on any atom is 0.254 e. The predicted octanol–water partition coefficient (Wildman–Crippen LogP) is 3.70. The van der Waals surface area contributed by atoms with Crippen molar-refractivity contribution in [2.24, 2.45) is 11.3 Å². The zero-order valence-electron chi connectivity index (χ0n) is 16.7. The van der Waals surface area contributed by atoms with Crippen LogP contribution in [0.25, 0.3) is 0 Å². The number of carbonyl (C=O) groups is 2. The Bertz CT molecular complexity index is 909. The molecule has 1 unspecified atom stereocenters. The molecule has 2 aromatic rings. The quantitative estimate of drug-likeness (QED) is 0.832. The van der Waals surface area contributed by atoms with Gasteiger partial charge in [-0.15, -0.1) is 0 Å². The fraction of sp³-hybridized carbons (Fsp3) is 0.435. The molecule has 1 aromatic carbocycles. The van der Waals surface area contributed by atoms with E-state index in [1.807, 2.05) is 0 Å². The molecule has 4 rings (SSSR count). The predicted molar refractivity (Wildman–Crippen MR) is 107 cm³/mol. The average Bonchev–Trinajstić information content (AvgIpc) is 3.10. The van der Waals surface area contributed by atoms with E-state index in [0.717, 1.165) is 38.2 Å². The molecular weight excluding hydrogens is 388 g/mol. The third-order valence-corrected chi connectivity index (χ3v) is 6.42. The molecule has 1 saturated heterocycles. The number of nitrogens with one attached hydrogen (secondary N) is 1. The maximum atomic E-state index is 13.4. The first kappa shape index (κ1) is 20.4. The fourth-order valence-corrected chi connectivity index (χ4v) is 4.95. The minimum atomic E-state index is -0.669. The van der Waals surface area contributed by atoms with Gasteiger partial charge in [0.25, 0.3) is 5.91 Å². The first-order valence-corrected chi connectivity index (χ1v) is 10.4. The van der Waals surface area contributed by atoms with Crippen LogP contribution in [0.15, 0.2) is 42.7 Å². The number of halogens is 2. The van der Waals surface area contributed by atoms with Crippen LogP contribution in [0.1, 0.15) is 48.0 Å². The van der Waals surface area contributed by atoms with Crippen molar-refractivity contribution < 1.29 is 18.4 Å². The van der Waals surface area contributed by atoms with E-state index in [0.29, 0.717) is 24.2 Å². The molecular formula is C23H25F2N3O2. The maximum absolute atomic E-state index is 13.4. The number of hydrogen-bond acceptors (Lipinski definition) is 3. The Hall–Kier alpha value is -2.83. The van der Waals surface area contributed by atoms with Crippen LogP contribution in [-0.2, 0) is 11.3 Å². The normalized spacial score (nSPS) is 20.3. The molecule has 2 fully saturated rings. The van der Waals surface area contributed by atoms with E-state index < -0.39 is 11.6 Å². The fourth-order valence-electron chi connectivity index (χ4n) is 4.95. The van der Waals surface area contributed by atoms with E-state index in [4.69, 9.17) is 0 Å². The molecule has 1 atom stereocenters. The van der Waals surface area contributed by atoms with E-state index >= 15 is 0 Å². The highest BCUT2D eigenvalue weighted by atomic mass is 19.1. The van der Waals surface area contributed by atoms with E-state index in [-0.39, 0.29) is 29.7 Å². The van der Waals surface area contributed by atoms with E-state index in [9.17, 15) is 18.4 Å². The van der Waals surface area contributed by atoms with Crippen molar-refractivity contribution in [3.8, 4) is 0 Å². The number of amides is 2. The molecule has 1 aromatic heterocycles. The van der Waals surface area contributed by atoms with Gasteiger partial charge >= 0.3 is 0 Å². The topological polar surface area (TPSA) is 62.3 Å². The van der Waals surface area contributed by atoms with Crippen LogP contribution in [0, 0.1) is 23.0 Å². The van der Waals surface area contributed by atoms with Crippen molar-refractivity contribution in [2.75, 3.05) is 13.1 Å². The van der Waals surface area contributed by atoms with Crippen LogP contribution in [0.2, 0.25) is 0 Å². The molecule has 2 aliphatic rings. The van der Waals surface area contributed by atoms with E-state index in [1.54, 1.807) is 29.4 Å². The smallest absolute Gasteiger partial charge is 0.254 e. The lowest BCUT2D eigenvalue weighted by Gasteiger charge is -2.37. The Kier molecular flexibility index (Phi) is 5.79. The van der Waals surface area contributed by atoms with Crippen LogP contribution < -0.4 is 5.32 Å². The summed E-state index contributed by atoms with van der Waals surface area (Å²) < 4.78 is 26.9. The Morgan fingerprint density at radius 1 is 1.07 bits per heavy atom. The summed E-state index contributed by atoms with van der Waals surface area (Å²) in [5.41, 5.74) is 0.701. The van der Waals surface area contributed by atoms with Crippen molar-refractivity contribution in [3.63, 3.8) is 0 Å². The highest BCUT2D eigenvalue weighted by molar-refractivity contribution is 5.95. The van der Waals surface area contributed by atoms with Gasteiger partial charge in [-0.05, 0) is 42.7 Å². The Labute approximate surface area is 174 Å². The third kappa shape index (κ3) is 4.20. The van der Waals surface area contributed by atoms with Gasteiger partial charge in [0, 0.05) is 49.1 Å². The summed E-state index contributed by atoms with van der Waals surface area (Å²) in [5, 5.41) is 2.85. The number of nitrogens with zero attached hydrogens (tertiary/aromatic N) is 2. The minimum Gasteiger partial charge on any atom is -0.352 e. The standard InChI is InChI=1S/C23H25F2N3O2/c24-18-10-16(11-19(25)12-18)13-27-21(29)20-14-28(15-23(20)6-2-1-3-7-23)22(30)17-4-8-26-9-5-17/h4-5,8-12,20H,1-3,6-7,13-15H2,(H,27,29). The van der Waals surface area contributed by atoms with Crippen molar-refractivity contribution in [2.45, 2.75) is 38.6 Å². The second-order valence-electron chi connectivity index (χ2n) is 8.39. The number of likely N-dealkylation sites (tertiary alicyclic amines) is 1. The molecule has 1 saturated carbocycles. The lowest BCUT2D eigenvalue weighted by Crippen LogP contribution is -2.42. The summed E-state index contributed by atoms with van der Waals surface area (Å²) in [4.78, 5) is 31.8. The molecule has 7 heteroatoms. The van der Waals surface area contributed by atoms with Crippen molar-refractivity contribution >= 4 is 11.8 Å². The summed E-state index contributed by atoms with van der Waals surface area (Å²) in [5.74, 6) is -1.92. The Morgan fingerprint density at radius 2 is 1.73 bits per heavy atom. The van der Waals surface area contributed by atoms with Crippen LogP contribution in [0.3, 0.4) is 0 Å². The second-order valence-corrected chi connectivity index (χ2v) is 8.39. The second kappa shape index (κ2) is 8.50. The molecule has 158 valence electrons. The zero-order chi connectivity index (χ0) is 21.1. The number of carbonyl (C=O) groups excluding carboxylic acids is 2. The van der Waals surface area contributed by atoms with Gasteiger partial charge in [0.2, 0.25) is 5.91 Å². The molecule has 5 nitrogen and oxygen atoms in total. The van der Waals surface area contributed by atoms with Gasteiger partial charge in [0.1, 0.15) is 11.6 Å². The highest BCUT2D eigenvalue weighted by Gasteiger charge is 2.51. The number of hydrogen-bond donors (Lipinski definition) is 1.